The van der Waals surface area contributed by atoms with E-state index in [1.807, 2.05) is 13.0 Å². The van der Waals surface area contributed by atoms with Gasteiger partial charge in [0.05, 0.1) is 25.6 Å². The van der Waals surface area contributed by atoms with Crippen LogP contribution in [0, 0.1) is 0 Å². The minimum atomic E-state index is -0.577. The lowest BCUT2D eigenvalue weighted by Gasteiger charge is -2.11. The summed E-state index contributed by atoms with van der Waals surface area (Å²) in [5, 5.41) is 9.41. The number of rotatable bonds is 8. The molecule has 1 aromatic rings. The summed E-state index contributed by atoms with van der Waals surface area (Å²) in [5.41, 5.74) is 2.63. The van der Waals surface area contributed by atoms with Crippen LogP contribution in [0.5, 0.6) is 0 Å². The Balaban J connectivity index is 1.99. The molecular weight excluding hydrogens is 198 g/mol. The highest BCUT2D eigenvalue weighted by Crippen LogP contribution is 2.01. The highest BCUT2D eigenvalue weighted by atomic mass is 16.6. The number of hydrogen-bond acceptors (Lipinski definition) is 5. The molecule has 1 rings (SSSR count). The van der Waals surface area contributed by atoms with E-state index < -0.39 is 6.10 Å². The fraction of sp³-hybridized carbons (Fsp3) is 0.600. The van der Waals surface area contributed by atoms with Gasteiger partial charge < -0.3 is 19.1 Å². The molecule has 5 nitrogen and oxygen atoms in total. The number of aliphatic hydroxyl groups excluding tert-OH is 1. The summed E-state index contributed by atoms with van der Waals surface area (Å²) < 4.78 is 10.3. The summed E-state index contributed by atoms with van der Waals surface area (Å²) >= 11 is 0. The normalized spacial score (nSPS) is 12.9. The largest absolute Gasteiger partial charge is 0.467 e. The zero-order chi connectivity index (χ0) is 10.9. The van der Waals surface area contributed by atoms with Gasteiger partial charge in [0.1, 0.15) is 12.4 Å². The molecule has 86 valence electrons. The van der Waals surface area contributed by atoms with Gasteiger partial charge in [0.2, 0.25) is 0 Å². The van der Waals surface area contributed by atoms with E-state index in [0.29, 0.717) is 19.8 Å². The molecule has 0 saturated heterocycles. The maximum Gasteiger partial charge on any atom is 0.129 e. The molecule has 0 spiro atoms. The summed E-state index contributed by atoms with van der Waals surface area (Å²) in [6.45, 7) is 3.41. The van der Waals surface area contributed by atoms with Crippen molar-refractivity contribution in [3.8, 4) is 0 Å². The fourth-order valence-corrected chi connectivity index (χ4v) is 1.01. The summed E-state index contributed by atoms with van der Waals surface area (Å²) in [7, 11) is 0. The topological polar surface area (TPSA) is 63.9 Å². The van der Waals surface area contributed by atoms with Crippen LogP contribution in [0.4, 0.5) is 0 Å². The third-order valence-electron chi connectivity index (χ3n) is 1.70. The van der Waals surface area contributed by atoms with E-state index >= 15 is 0 Å². The monoisotopic (exact) mass is 215 g/mol. The van der Waals surface area contributed by atoms with Crippen molar-refractivity contribution < 1.29 is 19.1 Å². The van der Waals surface area contributed by atoms with Crippen molar-refractivity contribution in [2.75, 3.05) is 19.8 Å². The zero-order valence-corrected chi connectivity index (χ0v) is 8.81. The van der Waals surface area contributed by atoms with Crippen LogP contribution in [0.1, 0.15) is 12.7 Å². The van der Waals surface area contributed by atoms with Crippen LogP contribution in [0.25, 0.3) is 0 Å². The number of ether oxygens (including phenoxy) is 1. The van der Waals surface area contributed by atoms with Crippen molar-refractivity contribution in [1.82, 2.24) is 5.48 Å². The lowest BCUT2D eigenvalue weighted by molar-refractivity contribution is -0.0172. The van der Waals surface area contributed by atoms with Crippen molar-refractivity contribution in [2.24, 2.45) is 0 Å². The van der Waals surface area contributed by atoms with Crippen LogP contribution in [0.3, 0.4) is 0 Å². The predicted octanol–water partition coefficient (Wildman–Crippen LogP) is 0.698. The first-order valence-corrected chi connectivity index (χ1v) is 4.95. The molecule has 0 bridgehead atoms. The van der Waals surface area contributed by atoms with Gasteiger partial charge in [-0.15, -0.1) is 0 Å². The molecule has 1 heterocycles. The Morgan fingerprint density at radius 2 is 2.47 bits per heavy atom. The summed E-state index contributed by atoms with van der Waals surface area (Å²) in [4.78, 5) is 4.87. The molecule has 0 fully saturated rings. The van der Waals surface area contributed by atoms with Gasteiger partial charge in [0.15, 0.2) is 0 Å². The number of furan rings is 1. The minimum Gasteiger partial charge on any atom is -0.467 e. The lowest BCUT2D eigenvalue weighted by Crippen LogP contribution is -2.30. The Hall–Kier alpha value is -0.880. The highest BCUT2D eigenvalue weighted by Gasteiger charge is 2.04. The van der Waals surface area contributed by atoms with E-state index in [4.69, 9.17) is 14.0 Å². The Morgan fingerprint density at radius 3 is 3.13 bits per heavy atom. The number of aliphatic hydroxyl groups is 1. The van der Waals surface area contributed by atoms with Gasteiger partial charge in [-0.2, -0.15) is 5.48 Å². The second-order valence-electron chi connectivity index (χ2n) is 3.03. The number of hydroxylamine groups is 1. The maximum absolute atomic E-state index is 9.41. The van der Waals surface area contributed by atoms with Gasteiger partial charge in [-0.05, 0) is 19.1 Å². The Kier molecular flexibility index (Phi) is 6.03. The first-order chi connectivity index (χ1) is 7.33. The van der Waals surface area contributed by atoms with Crippen molar-refractivity contribution >= 4 is 0 Å². The van der Waals surface area contributed by atoms with E-state index in [1.54, 1.807) is 12.3 Å². The van der Waals surface area contributed by atoms with E-state index in [1.165, 1.54) is 0 Å². The summed E-state index contributed by atoms with van der Waals surface area (Å²) in [6, 6.07) is 3.62. The maximum atomic E-state index is 9.41. The number of hydrogen-bond donors (Lipinski definition) is 2. The smallest absolute Gasteiger partial charge is 0.129 e. The average molecular weight is 215 g/mol. The minimum absolute atomic E-state index is 0.251. The van der Waals surface area contributed by atoms with Crippen molar-refractivity contribution in [3.63, 3.8) is 0 Å². The SMILES string of the molecule is CCONCC(O)COCc1ccco1. The zero-order valence-electron chi connectivity index (χ0n) is 8.81. The molecule has 1 unspecified atom stereocenters. The van der Waals surface area contributed by atoms with Gasteiger partial charge in [-0.25, -0.2) is 0 Å². The molecule has 2 N–H and O–H groups in total. The molecule has 0 aliphatic carbocycles. The Labute approximate surface area is 88.9 Å². The quantitative estimate of drug-likeness (QED) is 0.493. The first kappa shape index (κ1) is 12.2. The van der Waals surface area contributed by atoms with Gasteiger partial charge >= 0.3 is 0 Å². The first-order valence-electron chi connectivity index (χ1n) is 4.95. The molecule has 1 atom stereocenters. The Bertz CT molecular complexity index is 238. The average Bonchev–Trinajstić information content (AvgIpc) is 2.71. The van der Waals surface area contributed by atoms with Gasteiger partial charge in [0, 0.05) is 6.54 Å². The van der Waals surface area contributed by atoms with Gasteiger partial charge in [-0.3, -0.25) is 0 Å². The molecular formula is C10H17NO4. The summed E-state index contributed by atoms with van der Waals surface area (Å²) in [5.74, 6) is 0.750. The molecule has 0 saturated carbocycles. The standard InChI is InChI=1S/C10H17NO4/c1-2-15-11-6-9(12)7-13-8-10-4-3-5-14-10/h3-5,9,11-12H,2,6-8H2,1H3. The van der Waals surface area contributed by atoms with Crippen LogP contribution < -0.4 is 5.48 Å². The molecule has 1 aromatic heterocycles. The highest BCUT2D eigenvalue weighted by molar-refractivity contribution is 4.95. The molecule has 0 aromatic carbocycles. The fourth-order valence-electron chi connectivity index (χ4n) is 1.01. The van der Waals surface area contributed by atoms with Gasteiger partial charge in [-0.1, -0.05) is 0 Å². The van der Waals surface area contributed by atoms with Crippen LogP contribution in [0.15, 0.2) is 22.8 Å². The van der Waals surface area contributed by atoms with Crippen LogP contribution in [-0.2, 0) is 16.2 Å². The molecule has 0 amide bonds. The van der Waals surface area contributed by atoms with Crippen LogP contribution >= 0.6 is 0 Å². The van der Waals surface area contributed by atoms with Crippen molar-refractivity contribution in [1.29, 1.82) is 0 Å². The van der Waals surface area contributed by atoms with E-state index in [0.717, 1.165) is 5.76 Å². The molecule has 0 aliphatic heterocycles. The van der Waals surface area contributed by atoms with Crippen molar-refractivity contribution in [3.05, 3.63) is 24.2 Å². The third kappa shape index (κ3) is 5.54. The second kappa shape index (κ2) is 7.42. The van der Waals surface area contributed by atoms with E-state index in [2.05, 4.69) is 5.48 Å². The molecule has 0 radical (unpaired) electrons. The Morgan fingerprint density at radius 1 is 1.60 bits per heavy atom. The van der Waals surface area contributed by atoms with Crippen LogP contribution in [-0.4, -0.2) is 31.0 Å². The molecule has 0 aliphatic rings. The summed E-state index contributed by atoms with van der Waals surface area (Å²) in [6.07, 6.45) is 1.01. The van der Waals surface area contributed by atoms with E-state index in [-0.39, 0.29) is 6.61 Å². The van der Waals surface area contributed by atoms with Crippen molar-refractivity contribution in [2.45, 2.75) is 19.6 Å². The van der Waals surface area contributed by atoms with Gasteiger partial charge in [0.25, 0.3) is 0 Å². The predicted molar refractivity (Wildman–Crippen MR) is 54.0 cm³/mol. The van der Waals surface area contributed by atoms with E-state index in [9.17, 15) is 5.11 Å². The third-order valence-corrected chi connectivity index (χ3v) is 1.70. The lowest BCUT2D eigenvalue weighted by atomic mass is 10.4. The second-order valence-corrected chi connectivity index (χ2v) is 3.03. The van der Waals surface area contributed by atoms with Crippen LogP contribution in [0.2, 0.25) is 0 Å². The molecule has 5 heteroatoms. The number of nitrogens with one attached hydrogen (secondary N) is 1. The molecule has 15 heavy (non-hydrogen) atoms.